The van der Waals surface area contributed by atoms with E-state index in [4.69, 9.17) is 5.26 Å². The molecule has 0 spiro atoms. The Bertz CT molecular complexity index is 532. The maximum atomic E-state index is 11.9. The van der Waals surface area contributed by atoms with E-state index in [-0.39, 0.29) is 11.6 Å². The summed E-state index contributed by atoms with van der Waals surface area (Å²) in [6, 6.07) is 2.03. The second-order valence-electron chi connectivity index (χ2n) is 4.56. The van der Waals surface area contributed by atoms with E-state index < -0.39 is 15.4 Å². The van der Waals surface area contributed by atoms with Crippen LogP contribution in [0.15, 0.2) is 11.2 Å². The maximum absolute atomic E-state index is 11.9. The number of nitrogens with zero attached hydrogens (tertiary/aromatic N) is 3. The summed E-state index contributed by atoms with van der Waals surface area (Å²) >= 11 is 0. The van der Waals surface area contributed by atoms with Crippen molar-refractivity contribution in [3.05, 3.63) is 12.0 Å². The highest BCUT2D eigenvalue weighted by atomic mass is 32.2. The van der Waals surface area contributed by atoms with Gasteiger partial charge in [0.2, 0.25) is 0 Å². The van der Waals surface area contributed by atoms with Crippen molar-refractivity contribution in [2.75, 3.05) is 6.54 Å². The predicted molar refractivity (Wildman–Crippen MR) is 62.5 cm³/mol. The molecule has 0 amide bonds. The fraction of sp³-hybridized carbons (Fsp3) is 0.600. The summed E-state index contributed by atoms with van der Waals surface area (Å²) in [7, 11) is -1.92. The van der Waals surface area contributed by atoms with Gasteiger partial charge in [-0.3, -0.25) is 0 Å². The van der Waals surface area contributed by atoms with E-state index in [1.165, 1.54) is 6.20 Å². The number of imidazole rings is 1. The summed E-state index contributed by atoms with van der Waals surface area (Å²) < 4.78 is 27.7. The first-order valence-corrected chi connectivity index (χ1v) is 6.57. The fourth-order valence-electron chi connectivity index (χ4n) is 1.04. The number of sulfonamides is 1. The van der Waals surface area contributed by atoms with E-state index in [0.717, 1.165) is 0 Å². The van der Waals surface area contributed by atoms with Crippen LogP contribution < -0.4 is 4.72 Å². The highest BCUT2D eigenvalue weighted by Gasteiger charge is 2.23. The first-order chi connectivity index (χ1) is 7.68. The zero-order valence-corrected chi connectivity index (χ0v) is 11.2. The Morgan fingerprint density at radius 3 is 2.59 bits per heavy atom. The van der Waals surface area contributed by atoms with Crippen LogP contribution in [0, 0.1) is 23.7 Å². The molecule has 0 aliphatic rings. The standard InChI is InChI=1S/C10H16N4O2S/c1-8-13-9(5-14(8)4)17(15,16)12-7-10(2,3)6-11/h5,12H,7H2,1-4H3. The molecular formula is C10H16N4O2S. The molecule has 0 fully saturated rings. The fourth-order valence-corrected chi connectivity index (χ4v) is 2.29. The summed E-state index contributed by atoms with van der Waals surface area (Å²) in [4.78, 5) is 3.94. The first kappa shape index (κ1) is 13.7. The molecule has 0 saturated carbocycles. The molecule has 0 atom stereocenters. The van der Waals surface area contributed by atoms with Crippen molar-refractivity contribution in [2.24, 2.45) is 12.5 Å². The van der Waals surface area contributed by atoms with Gasteiger partial charge < -0.3 is 4.57 Å². The third-order valence-electron chi connectivity index (χ3n) is 2.37. The summed E-state index contributed by atoms with van der Waals surface area (Å²) in [5.41, 5.74) is -0.739. The van der Waals surface area contributed by atoms with Crippen molar-refractivity contribution < 1.29 is 8.42 Å². The molecule has 6 nitrogen and oxygen atoms in total. The van der Waals surface area contributed by atoms with Gasteiger partial charge in [-0.05, 0) is 20.8 Å². The lowest BCUT2D eigenvalue weighted by Gasteiger charge is -2.14. The van der Waals surface area contributed by atoms with Crippen molar-refractivity contribution in [3.63, 3.8) is 0 Å². The van der Waals surface area contributed by atoms with Gasteiger partial charge in [-0.15, -0.1) is 0 Å². The van der Waals surface area contributed by atoms with Gasteiger partial charge >= 0.3 is 0 Å². The minimum atomic E-state index is -3.64. The number of nitriles is 1. The topological polar surface area (TPSA) is 87.8 Å². The lowest BCUT2D eigenvalue weighted by molar-refractivity contribution is 0.478. The zero-order valence-electron chi connectivity index (χ0n) is 10.4. The highest BCUT2D eigenvalue weighted by molar-refractivity contribution is 7.89. The van der Waals surface area contributed by atoms with Crippen LogP contribution in [0.1, 0.15) is 19.7 Å². The number of aromatic nitrogens is 2. The highest BCUT2D eigenvalue weighted by Crippen LogP contribution is 2.13. The van der Waals surface area contributed by atoms with Crippen molar-refractivity contribution in [2.45, 2.75) is 25.8 Å². The van der Waals surface area contributed by atoms with Gasteiger partial charge in [-0.25, -0.2) is 18.1 Å². The second-order valence-corrected chi connectivity index (χ2v) is 6.27. The van der Waals surface area contributed by atoms with Crippen LogP contribution in [0.4, 0.5) is 0 Å². The second kappa shape index (κ2) is 4.47. The smallest absolute Gasteiger partial charge is 0.259 e. The number of nitrogens with one attached hydrogen (secondary N) is 1. The summed E-state index contributed by atoms with van der Waals surface area (Å²) in [6.45, 7) is 5.11. The number of aryl methyl sites for hydroxylation is 2. The third-order valence-corrected chi connectivity index (χ3v) is 3.64. The SMILES string of the molecule is Cc1nc(S(=O)(=O)NCC(C)(C)C#N)cn1C. The Morgan fingerprint density at radius 1 is 1.59 bits per heavy atom. The largest absolute Gasteiger partial charge is 0.337 e. The van der Waals surface area contributed by atoms with Crippen molar-refractivity contribution in [1.82, 2.24) is 14.3 Å². The van der Waals surface area contributed by atoms with Gasteiger partial charge in [0.1, 0.15) is 5.82 Å². The van der Waals surface area contributed by atoms with E-state index in [1.54, 1.807) is 32.4 Å². The number of hydrogen-bond acceptors (Lipinski definition) is 4. The van der Waals surface area contributed by atoms with Crippen molar-refractivity contribution in [3.8, 4) is 6.07 Å². The molecule has 1 heterocycles. The minimum absolute atomic E-state index is 0.0220. The Labute approximate surface area is 101 Å². The van der Waals surface area contributed by atoms with Crippen LogP contribution in [-0.4, -0.2) is 24.5 Å². The van der Waals surface area contributed by atoms with E-state index in [0.29, 0.717) is 5.82 Å². The van der Waals surface area contributed by atoms with Crippen LogP contribution in [-0.2, 0) is 17.1 Å². The Balaban J connectivity index is 2.88. The van der Waals surface area contributed by atoms with Gasteiger partial charge in [-0.1, -0.05) is 0 Å². The van der Waals surface area contributed by atoms with Crippen molar-refractivity contribution >= 4 is 10.0 Å². The maximum Gasteiger partial charge on any atom is 0.259 e. The van der Waals surface area contributed by atoms with Crippen LogP contribution >= 0.6 is 0 Å². The molecule has 0 aliphatic carbocycles. The van der Waals surface area contributed by atoms with Crippen LogP contribution in [0.3, 0.4) is 0 Å². The van der Waals surface area contributed by atoms with E-state index in [9.17, 15) is 8.42 Å². The number of hydrogen-bond donors (Lipinski definition) is 1. The predicted octanol–water partition coefficient (Wildman–Crippen LogP) is 0.557. The molecule has 0 unspecified atom stereocenters. The summed E-state index contributed by atoms with van der Waals surface area (Å²) in [5.74, 6) is 0.616. The van der Waals surface area contributed by atoms with Crippen molar-refractivity contribution in [1.29, 1.82) is 5.26 Å². The Hall–Kier alpha value is -1.39. The average molecular weight is 256 g/mol. The van der Waals surface area contributed by atoms with E-state index in [2.05, 4.69) is 9.71 Å². The Morgan fingerprint density at radius 2 is 2.18 bits per heavy atom. The number of rotatable bonds is 4. The van der Waals surface area contributed by atoms with Gasteiger partial charge in [0, 0.05) is 19.8 Å². The molecule has 1 aromatic rings. The van der Waals surface area contributed by atoms with Gasteiger partial charge in [0.25, 0.3) is 10.0 Å². The lowest BCUT2D eigenvalue weighted by Crippen LogP contribution is -2.33. The summed E-state index contributed by atoms with van der Waals surface area (Å²) in [5, 5.41) is 8.78. The molecule has 0 bridgehead atoms. The molecule has 0 radical (unpaired) electrons. The van der Waals surface area contributed by atoms with Crippen LogP contribution in [0.5, 0.6) is 0 Å². The summed E-state index contributed by atoms with van der Waals surface area (Å²) in [6.07, 6.45) is 1.44. The minimum Gasteiger partial charge on any atom is -0.337 e. The monoisotopic (exact) mass is 256 g/mol. The molecule has 94 valence electrons. The molecular weight excluding hydrogens is 240 g/mol. The molecule has 0 aromatic carbocycles. The van der Waals surface area contributed by atoms with Crippen LogP contribution in [0.25, 0.3) is 0 Å². The molecule has 1 N–H and O–H groups in total. The molecule has 1 aromatic heterocycles. The van der Waals surface area contributed by atoms with E-state index >= 15 is 0 Å². The van der Waals surface area contributed by atoms with Crippen LogP contribution in [0.2, 0.25) is 0 Å². The average Bonchev–Trinajstić information content (AvgIpc) is 2.58. The third kappa shape index (κ3) is 3.28. The Kier molecular flexibility index (Phi) is 3.59. The molecule has 0 aliphatic heterocycles. The molecule has 17 heavy (non-hydrogen) atoms. The van der Waals surface area contributed by atoms with Gasteiger partial charge in [0.15, 0.2) is 5.03 Å². The van der Waals surface area contributed by atoms with E-state index in [1.807, 2.05) is 6.07 Å². The van der Waals surface area contributed by atoms with Gasteiger partial charge in [0.05, 0.1) is 11.5 Å². The normalized spacial score (nSPS) is 12.4. The molecule has 1 rings (SSSR count). The lowest BCUT2D eigenvalue weighted by atomic mass is 9.97. The quantitative estimate of drug-likeness (QED) is 0.852. The molecule has 0 saturated heterocycles. The molecule has 7 heteroatoms. The zero-order chi connectivity index (χ0) is 13.3. The first-order valence-electron chi connectivity index (χ1n) is 5.09. The van der Waals surface area contributed by atoms with Gasteiger partial charge in [-0.2, -0.15) is 5.26 Å².